The van der Waals surface area contributed by atoms with Gasteiger partial charge in [-0.2, -0.15) is 0 Å². The first-order valence-corrected chi connectivity index (χ1v) is 20.6. The zero-order chi connectivity index (χ0) is 31.9. The van der Waals surface area contributed by atoms with Crippen LogP contribution >= 0.6 is 0 Å². The highest BCUT2D eigenvalue weighted by atomic mass is 16.7. The standard InChI is InChI=1S/C41H82O3/c1-3-5-7-9-11-13-15-17-19-21-22-23-24-26-28-30-32-34-36-38-40-44-41(42)43-39-37-35-33-31-29-27-25-20-18-16-14-12-10-8-6-4-2/h3-40H2,1-2H3. The molecule has 264 valence electrons. The molecule has 0 aromatic carbocycles. The summed E-state index contributed by atoms with van der Waals surface area (Å²) in [7, 11) is 0. The van der Waals surface area contributed by atoms with Crippen LogP contribution in [0.5, 0.6) is 0 Å². The quantitative estimate of drug-likeness (QED) is 0.0507. The number of ether oxygens (including phenoxy) is 2. The van der Waals surface area contributed by atoms with Gasteiger partial charge in [-0.1, -0.05) is 232 Å². The first-order valence-electron chi connectivity index (χ1n) is 20.6. The monoisotopic (exact) mass is 623 g/mol. The third kappa shape index (κ3) is 39.3. The van der Waals surface area contributed by atoms with Crippen LogP contribution in [-0.4, -0.2) is 19.4 Å². The number of hydrogen-bond donors (Lipinski definition) is 0. The van der Waals surface area contributed by atoms with Gasteiger partial charge in [0.2, 0.25) is 0 Å². The zero-order valence-corrected chi connectivity index (χ0v) is 30.6. The van der Waals surface area contributed by atoms with E-state index in [2.05, 4.69) is 13.8 Å². The molecule has 0 heterocycles. The average molecular weight is 623 g/mol. The molecule has 0 N–H and O–H groups in total. The van der Waals surface area contributed by atoms with E-state index in [-0.39, 0.29) is 0 Å². The lowest BCUT2D eigenvalue weighted by molar-refractivity contribution is 0.0529. The molecule has 0 atom stereocenters. The first-order chi connectivity index (χ1) is 21.8. The first kappa shape index (κ1) is 43.3. The topological polar surface area (TPSA) is 35.5 Å². The highest BCUT2D eigenvalue weighted by Gasteiger charge is 2.03. The van der Waals surface area contributed by atoms with Crippen molar-refractivity contribution in [1.82, 2.24) is 0 Å². The van der Waals surface area contributed by atoms with Gasteiger partial charge in [-0.15, -0.1) is 0 Å². The summed E-state index contributed by atoms with van der Waals surface area (Å²) < 4.78 is 10.5. The fraction of sp³-hybridized carbons (Fsp3) is 0.976. The van der Waals surface area contributed by atoms with Crippen LogP contribution in [0.3, 0.4) is 0 Å². The van der Waals surface area contributed by atoms with Crippen molar-refractivity contribution in [3.8, 4) is 0 Å². The van der Waals surface area contributed by atoms with Gasteiger partial charge < -0.3 is 9.47 Å². The van der Waals surface area contributed by atoms with Crippen molar-refractivity contribution in [3.05, 3.63) is 0 Å². The lowest BCUT2D eigenvalue weighted by Crippen LogP contribution is -2.09. The smallest absolute Gasteiger partial charge is 0.434 e. The third-order valence-electron chi connectivity index (χ3n) is 9.44. The lowest BCUT2D eigenvalue weighted by Gasteiger charge is -2.07. The van der Waals surface area contributed by atoms with Crippen molar-refractivity contribution in [2.75, 3.05) is 13.2 Å². The van der Waals surface area contributed by atoms with Gasteiger partial charge in [-0.05, 0) is 12.8 Å². The number of rotatable bonds is 38. The van der Waals surface area contributed by atoms with E-state index in [4.69, 9.17) is 9.47 Å². The molecule has 0 aromatic rings. The number of hydrogen-bond acceptors (Lipinski definition) is 3. The Kier molecular flexibility index (Phi) is 39.6. The molecule has 0 rings (SSSR count). The fourth-order valence-electron chi connectivity index (χ4n) is 6.36. The molecule has 0 spiro atoms. The molecule has 0 aliphatic carbocycles. The molecule has 0 saturated heterocycles. The van der Waals surface area contributed by atoms with E-state index in [1.807, 2.05) is 0 Å². The molecule has 0 aliphatic rings. The van der Waals surface area contributed by atoms with Gasteiger partial charge in [-0.3, -0.25) is 0 Å². The van der Waals surface area contributed by atoms with Crippen LogP contribution in [0.25, 0.3) is 0 Å². The van der Waals surface area contributed by atoms with E-state index in [0.29, 0.717) is 13.2 Å². The molecule has 3 heteroatoms. The maximum atomic E-state index is 11.8. The van der Waals surface area contributed by atoms with Crippen molar-refractivity contribution in [3.63, 3.8) is 0 Å². The number of unbranched alkanes of at least 4 members (excludes halogenated alkanes) is 34. The molecule has 0 unspecified atom stereocenters. The molecular weight excluding hydrogens is 540 g/mol. The zero-order valence-electron chi connectivity index (χ0n) is 30.6. The minimum atomic E-state index is -0.469. The minimum Gasteiger partial charge on any atom is -0.434 e. The van der Waals surface area contributed by atoms with Crippen LogP contribution in [0.1, 0.15) is 245 Å². The van der Waals surface area contributed by atoms with E-state index >= 15 is 0 Å². The molecule has 0 radical (unpaired) electrons. The summed E-state index contributed by atoms with van der Waals surface area (Å²) in [6, 6.07) is 0. The van der Waals surface area contributed by atoms with E-state index < -0.39 is 6.16 Å². The predicted molar refractivity (Wildman–Crippen MR) is 195 cm³/mol. The van der Waals surface area contributed by atoms with Crippen LogP contribution in [0.4, 0.5) is 4.79 Å². The van der Waals surface area contributed by atoms with Crippen LogP contribution < -0.4 is 0 Å². The third-order valence-corrected chi connectivity index (χ3v) is 9.44. The highest BCUT2D eigenvalue weighted by Crippen LogP contribution is 2.16. The molecule has 0 fully saturated rings. The van der Waals surface area contributed by atoms with Crippen molar-refractivity contribution >= 4 is 6.16 Å². The van der Waals surface area contributed by atoms with Crippen LogP contribution in [0.2, 0.25) is 0 Å². The Morgan fingerprint density at radius 3 is 0.614 bits per heavy atom. The molecule has 0 saturated carbocycles. The maximum absolute atomic E-state index is 11.8. The second kappa shape index (κ2) is 40.3. The van der Waals surface area contributed by atoms with Gasteiger partial charge in [0.25, 0.3) is 0 Å². The molecule has 0 aromatic heterocycles. The van der Waals surface area contributed by atoms with Gasteiger partial charge in [-0.25, -0.2) is 4.79 Å². The summed E-state index contributed by atoms with van der Waals surface area (Å²) >= 11 is 0. The van der Waals surface area contributed by atoms with Gasteiger partial charge >= 0.3 is 6.16 Å². The highest BCUT2D eigenvalue weighted by molar-refractivity contribution is 5.59. The maximum Gasteiger partial charge on any atom is 0.508 e. The fourth-order valence-corrected chi connectivity index (χ4v) is 6.36. The SMILES string of the molecule is CCCCCCCCCCCCCCCCCCCCCCOC(=O)OCCCCCCCCCCCCCCCCCC. The van der Waals surface area contributed by atoms with Gasteiger partial charge in [0.15, 0.2) is 0 Å². The van der Waals surface area contributed by atoms with Crippen molar-refractivity contribution in [2.24, 2.45) is 0 Å². The van der Waals surface area contributed by atoms with Gasteiger partial charge in [0.05, 0.1) is 13.2 Å². The molecule has 3 nitrogen and oxygen atoms in total. The summed E-state index contributed by atoms with van der Waals surface area (Å²) in [6.07, 6.45) is 48.8. The second-order valence-electron chi connectivity index (χ2n) is 14.0. The summed E-state index contributed by atoms with van der Waals surface area (Å²) in [5.41, 5.74) is 0. The second-order valence-corrected chi connectivity index (χ2v) is 14.0. The Balaban J connectivity index is 3.14. The summed E-state index contributed by atoms with van der Waals surface area (Å²) in [5, 5.41) is 0. The minimum absolute atomic E-state index is 0.469. The summed E-state index contributed by atoms with van der Waals surface area (Å²) in [4.78, 5) is 11.8. The Hall–Kier alpha value is -0.730. The summed E-state index contributed by atoms with van der Waals surface area (Å²) in [6.45, 7) is 5.61. The Morgan fingerprint density at radius 2 is 0.432 bits per heavy atom. The van der Waals surface area contributed by atoms with Crippen molar-refractivity contribution in [2.45, 2.75) is 245 Å². The largest absolute Gasteiger partial charge is 0.508 e. The molecule has 0 amide bonds. The number of carbonyl (C=O) groups is 1. The molecule has 44 heavy (non-hydrogen) atoms. The molecular formula is C41H82O3. The van der Waals surface area contributed by atoms with Crippen LogP contribution in [0.15, 0.2) is 0 Å². The van der Waals surface area contributed by atoms with E-state index in [1.54, 1.807) is 0 Å². The van der Waals surface area contributed by atoms with Gasteiger partial charge in [0, 0.05) is 0 Å². The number of carbonyl (C=O) groups excluding carboxylic acids is 1. The van der Waals surface area contributed by atoms with E-state index in [0.717, 1.165) is 25.7 Å². The lowest BCUT2D eigenvalue weighted by atomic mass is 10.0. The normalized spacial score (nSPS) is 11.3. The van der Waals surface area contributed by atoms with Gasteiger partial charge in [0.1, 0.15) is 0 Å². The molecule has 0 bridgehead atoms. The average Bonchev–Trinajstić information content (AvgIpc) is 3.03. The Labute approximate surface area is 278 Å². The molecule has 0 aliphatic heterocycles. The van der Waals surface area contributed by atoms with Crippen molar-refractivity contribution < 1.29 is 14.3 Å². The van der Waals surface area contributed by atoms with Crippen molar-refractivity contribution in [1.29, 1.82) is 0 Å². The van der Waals surface area contributed by atoms with Crippen LogP contribution in [0, 0.1) is 0 Å². The Morgan fingerprint density at radius 1 is 0.273 bits per heavy atom. The van der Waals surface area contributed by atoms with E-state index in [1.165, 1.54) is 205 Å². The predicted octanol–water partition coefficient (Wildman–Crippen LogP) is 15.2. The van der Waals surface area contributed by atoms with E-state index in [9.17, 15) is 4.79 Å². The summed E-state index contributed by atoms with van der Waals surface area (Å²) in [5.74, 6) is 0. The Bertz CT molecular complexity index is 520. The van der Waals surface area contributed by atoms with Crippen LogP contribution in [-0.2, 0) is 9.47 Å².